The van der Waals surface area contributed by atoms with Gasteiger partial charge in [-0.1, -0.05) is 43.6 Å². The fraction of sp³-hybridized carbons (Fsp3) is 0.562. The van der Waals surface area contributed by atoms with E-state index in [0.717, 1.165) is 36.9 Å². The molecular weight excluding hydrogens is 288 g/mol. The zero-order valence-electron chi connectivity index (χ0n) is 12.6. The minimum Gasteiger partial charge on any atom is -0.379 e. The normalized spacial score (nSPS) is 17.7. The van der Waals surface area contributed by atoms with Gasteiger partial charge in [0.2, 0.25) is 5.91 Å². The molecule has 1 N–H and O–H groups in total. The third-order valence-electron chi connectivity index (χ3n) is 3.74. The maximum absolute atomic E-state index is 11.9. The number of carbonyl (C=O) groups is 1. The molecule has 1 aliphatic heterocycles. The molecule has 2 rings (SSSR count). The Hall–Kier alpha value is -1.10. The second kappa shape index (κ2) is 7.78. The van der Waals surface area contributed by atoms with Gasteiger partial charge in [0.05, 0.1) is 19.3 Å². The van der Waals surface area contributed by atoms with Crippen LogP contribution >= 0.6 is 11.6 Å². The number of rotatable bonds is 5. The summed E-state index contributed by atoms with van der Waals surface area (Å²) in [6, 6.07) is 7.93. The van der Waals surface area contributed by atoms with Crippen LogP contribution in [0.4, 0.5) is 0 Å². The Morgan fingerprint density at radius 2 is 2.00 bits per heavy atom. The Kier molecular flexibility index (Phi) is 6.03. The first kappa shape index (κ1) is 16.3. The third-order valence-corrected chi connectivity index (χ3v) is 4.09. The summed E-state index contributed by atoms with van der Waals surface area (Å²) in [5.41, 5.74) is 1.06. The van der Waals surface area contributed by atoms with E-state index in [2.05, 4.69) is 10.2 Å². The van der Waals surface area contributed by atoms with Crippen LogP contribution < -0.4 is 5.32 Å². The SMILES string of the molecule is CC(C)C(=O)NC[C@H](c1ccccc1Cl)N1CCOCC1. The molecule has 1 saturated heterocycles. The number of ether oxygens (including phenoxy) is 1. The van der Waals surface area contributed by atoms with Crippen LogP contribution in [0, 0.1) is 5.92 Å². The molecule has 0 aromatic heterocycles. The van der Waals surface area contributed by atoms with Gasteiger partial charge in [-0.05, 0) is 11.6 Å². The Labute approximate surface area is 131 Å². The zero-order valence-corrected chi connectivity index (χ0v) is 13.4. The molecule has 0 unspecified atom stereocenters. The van der Waals surface area contributed by atoms with Crippen molar-refractivity contribution in [1.29, 1.82) is 0 Å². The van der Waals surface area contributed by atoms with Gasteiger partial charge in [-0.3, -0.25) is 9.69 Å². The van der Waals surface area contributed by atoms with Gasteiger partial charge in [0.1, 0.15) is 0 Å². The molecule has 21 heavy (non-hydrogen) atoms. The van der Waals surface area contributed by atoms with E-state index >= 15 is 0 Å². The molecule has 1 atom stereocenters. The maximum Gasteiger partial charge on any atom is 0.222 e. The monoisotopic (exact) mass is 310 g/mol. The molecule has 0 bridgehead atoms. The van der Waals surface area contributed by atoms with Crippen molar-refractivity contribution in [2.75, 3.05) is 32.8 Å². The number of morpholine rings is 1. The van der Waals surface area contributed by atoms with E-state index in [-0.39, 0.29) is 17.9 Å². The van der Waals surface area contributed by atoms with Crippen LogP contribution in [0.1, 0.15) is 25.5 Å². The first-order chi connectivity index (χ1) is 10.1. The van der Waals surface area contributed by atoms with Gasteiger partial charge in [-0.2, -0.15) is 0 Å². The lowest BCUT2D eigenvalue weighted by Crippen LogP contribution is -2.44. The van der Waals surface area contributed by atoms with E-state index in [4.69, 9.17) is 16.3 Å². The first-order valence-electron chi connectivity index (χ1n) is 7.43. The Morgan fingerprint density at radius 1 is 1.33 bits per heavy atom. The van der Waals surface area contributed by atoms with Crippen molar-refractivity contribution >= 4 is 17.5 Å². The van der Waals surface area contributed by atoms with Crippen molar-refractivity contribution in [1.82, 2.24) is 10.2 Å². The van der Waals surface area contributed by atoms with Gasteiger partial charge in [-0.25, -0.2) is 0 Å². The van der Waals surface area contributed by atoms with Crippen LogP contribution in [-0.2, 0) is 9.53 Å². The van der Waals surface area contributed by atoms with Crippen molar-refractivity contribution in [2.45, 2.75) is 19.9 Å². The van der Waals surface area contributed by atoms with Gasteiger partial charge < -0.3 is 10.1 Å². The highest BCUT2D eigenvalue weighted by Gasteiger charge is 2.25. The highest BCUT2D eigenvalue weighted by Crippen LogP contribution is 2.27. The van der Waals surface area contributed by atoms with E-state index in [9.17, 15) is 4.79 Å². The lowest BCUT2D eigenvalue weighted by molar-refractivity contribution is -0.124. The molecule has 1 aliphatic rings. The Balaban J connectivity index is 2.14. The number of carbonyl (C=O) groups excluding carboxylic acids is 1. The Bertz CT molecular complexity index is 473. The zero-order chi connectivity index (χ0) is 15.2. The van der Waals surface area contributed by atoms with Crippen LogP contribution in [-0.4, -0.2) is 43.7 Å². The molecule has 1 heterocycles. The second-order valence-corrected chi connectivity index (χ2v) is 5.99. The smallest absolute Gasteiger partial charge is 0.222 e. The molecule has 0 spiro atoms. The number of amides is 1. The highest BCUT2D eigenvalue weighted by molar-refractivity contribution is 6.31. The van der Waals surface area contributed by atoms with E-state index < -0.39 is 0 Å². The third kappa shape index (κ3) is 4.43. The summed E-state index contributed by atoms with van der Waals surface area (Å²) in [6.07, 6.45) is 0. The van der Waals surface area contributed by atoms with E-state index in [0.29, 0.717) is 6.54 Å². The minimum atomic E-state index is -0.0124. The Morgan fingerprint density at radius 3 is 2.62 bits per heavy atom. The molecule has 1 amide bonds. The summed E-state index contributed by atoms with van der Waals surface area (Å²) in [6.45, 7) is 7.52. The second-order valence-electron chi connectivity index (χ2n) is 5.59. The minimum absolute atomic E-state index is 0.0124. The maximum atomic E-state index is 11.9. The molecule has 1 fully saturated rings. The number of hydrogen-bond donors (Lipinski definition) is 1. The quantitative estimate of drug-likeness (QED) is 0.908. The van der Waals surface area contributed by atoms with Crippen LogP contribution in [0.5, 0.6) is 0 Å². The van der Waals surface area contributed by atoms with E-state index in [1.807, 2.05) is 38.1 Å². The lowest BCUT2D eigenvalue weighted by atomic mass is 10.0. The fourth-order valence-electron chi connectivity index (χ4n) is 2.47. The summed E-state index contributed by atoms with van der Waals surface area (Å²) >= 11 is 6.35. The predicted octanol–water partition coefficient (Wildman–Crippen LogP) is 2.49. The summed E-state index contributed by atoms with van der Waals surface area (Å²) in [4.78, 5) is 14.2. The van der Waals surface area contributed by atoms with Crippen LogP contribution in [0.2, 0.25) is 5.02 Å². The van der Waals surface area contributed by atoms with Gasteiger partial charge in [-0.15, -0.1) is 0 Å². The largest absolute Gasteiger partial charge is 0.379 e. The van der Waals surface area contributed by atoms with E-state index in [1.54, 1.807) is 0 Å². The number of nitrogens with zero attached hydrogens (tertiary/aromatic N) is 1. The molecule has 116 valence electrons. The molecule has 5 heteroatoms. The molecule has 4 nitrogen and oxygen atoms in total. The number of hydrogen-bond acceptors (Lipinski definition) is 3. The van der Waals surface area contributed by atoms with Gasteiger partial charge >= 0.3 is 0 Å². The van der Waals surface area contributed by atoms with Crippen molar-refractivity contribution in [3.05, 3.63) is 34.9 Å². The summed E-state index contributed by atoms with van der Waals surface area (Å²) in [5, 5.41) is 3.77. The molecule has 0 radical (unpaired) electrons. The van der Waals surface area contributed by atoms with Gasteiger partial charge in [0.15, 0.2) is 0 Å². The first-order valence-corrected chi connectivity index (χ1v) is 7.81. The van der Waals surface area contributed by atoms with Gasteiger partial charge in [0.25, 0.3) is 0 Å². The van der Waals surface area contributed by atoms with E-state index in [1.165, 1.54) is 0 Å². The summed E-state index contributed by atoms with van der Waals surface area (Å²) < 4.78 is 5.42. The van der Waals surface area contributed by atoms with Crippen molar-refractivity contribution < 1.29 is 9.53 Å². The number of benzene rings is 1. The topological polar surface area (TPSA) is 41.6 Å². The van der Waals surface area contributed by atoms with Crippen LogP contribution in [0.25, 0.3) is 0 Å². The average molecular weight is 311 g/mol. The highest BCUT2D eigenvalue weighted by atomic mass is 35.5. The van der Waals surface area contributed by atoms with Crippen LogP contribution in [0.3, 0.4) is 0 Å². The summed E-state index contributed by atoms with van der Waals surface area (Å²) in [5.74, 6) is 0.0573. The summed E-state index contributed by atoms with van der Waals surface area (Å²) in [7, 11) is 0. The molecule has 0 aliphatic carbocycles. The standard InChI is InChI=1S/C16H23ClN2O2/c1-12(2)16(20)18-11-15(19-7-9-21-10-8-19)13-5-3-4-6-14(13)17/h3-6,12,15H,7-11H2,1-2H3,(H,18,20)/t15-/m1/s1. The molecule has 0 saturated carbocycles. The molecule has 1 aromatic rings. The van der Waals surface area contributed by atoms with Crippen molar-refractivity contribution in [2.24, 2.45) is 5.92 Å². The molecular formula is C16H23ClN2O2. The van der Waals surface area contributed by atoms with Crippen molar-refractivity contribution in [3.8, 4) is 0 Å². The van der Waals surface area contributed by atoms with Crippen molar-refractivity contribution in [3.63, 3.8) is 0 Å². The number of nitrogens with one attached hydrogen (secondary N) is 1. The molecule has 1 aromatic carbocycles. The average Bonchev–Trinajstić information content (AvgIpc) is 2.50. The predicted molar refractivity (Wildman–Crippen MR) is 84.4 cm³/mol. The fourth-order valence-corrected chi connectivity index (χ4v) is 2.73. The lowest BCUT2D eigenvalue weighted by Gasteiger charge is -2.35. The van der Waals surface area contributed by atoms with Gasteiger partial charge in [0, 0.05) is 30.6 Å². The number of halogens is 1. The van der Waals surface area contributed by atoms with Crippen LogP contribution in [0.15, 0.2) is 24.3 Å².